The van der Waals surface area contributed by atoms with E-state index < -0.39 is 0 Å². The molecule has 2 aliphatic heterocycles. The molecule has 0 aromatic heterocycles. The quantitative estimate of drug-likeness (QED) is 0.829. The van der Waals surface area contributed by atoms with Crippen molar-refractivity contribution in [2.45, 2.75) is 31.7 Å². The summed E-state index contributed by atoms with van der Waals surface area (Å²) in [4.78, 5) is 30.4. The predicted octanol–water partition coefficient (Wildman–Crippen LogP) is 1.90. The number of piperazine rings is 1. The lowest BCUT2D eigenvalue weighted by Gasteiger charge is -2.39. The molecule has 0 spiro atoms. The standard InChI is InChI=1S/C19H27N3O2/c1-20-13-14-22(15-17(20)16-7-3-2-4-8-16)19(24)10-6-12-21-11-5-9-18(21)23/h2-4,7-8,17H,5-6,9-15H2,1H3/t17-/m1/s1. The van der Waals surface area contributed by atoms with E-state index in [1.54, 1.807) is 0 Å². The van der Waals surface area contributed by atoms with Crippen LogP contribution < -0.4 is 0 Å². The fraction of sp³-hybridized carbons (Fsp3) is 0.579. The van der Waals surface area contributed by atoms with E-state index in [-0.39, 0.29) is 17.9 Å². The lowest BCUT2D eigenvalue weighted by Crippen LogP contribution is -2.49. The SMILES string of the molecule is CN1CCN(C(=O)CCCN2CCCC2=O)C[C@@H]1c1ccccc1. The van der Waals surface area contributed by atoms with E-state index in [0.29, 0.717) is 12.8 Å². The second-order valence-electron chi connectivity index (χ2n) is 6.83. The van der Waals surface area contributed by atoms with Crippen LogP contribution in [0.1, 0.15) is 37.3 Å². The van der Waals surface area contributed by atoms with E-state index in [2.05, 4.69) is 36.2 Å². The van der Waals surface area contributed by atoms with Crippen LogP contribution in [0, 0.1) is 0 Å². The zero-order chi connectivity index (χ0) is 16.9. The molecule has 1 atom stereocenters. The van der Waals surface area contributed by atoms with Gasteiger partial charge in [-0.2, -0.15) is 0 Å². The fourth-order valence-corrected chi connectivity index (χ4v) is 3.66. The highest BCUT2D eigenvalue weighted by molar-refractivity contribution is 5.78. The molecule has 24 heavy (non-hydrogen) atoms. The molecule has 5 nitrogen and oxygen atoms in total. The third-order valence-corrected chi connectivity index (χ3v) is 5.18. The van der Waals surface area contributed by atoms with Crippen LogP contribution in [0.5, 0.6) is 0 Å². The Kier molecular flexibility index (Phi) is 5.51. The molecular weight excluding hydrogens is 302 g/mol. The van der Waals surface area contributed by atoms with Crippen LogP contribution >= 0.6 is 0 Å². The zero-order valence-corrected chi connectivity index (χ0v) is 14.5. The smallest absolute Gasteiger partial charge is 0.222 e. The molecule has 0 unspecified atom stereocenters. The lowest BCUT2D eigenvalue weighted by molar-refractivity contribution is -0.135. The van der Waals surface area contributed by atoms with Crippen LogP contribution in [0.25, 0.3) is 0 Å². The van der Waals surface area contributed by atoms with Crippen molar-refractivity contribution in [1.82, 2.24) is 14.7 Å². The van der Waals surface area contributed by atoms with Crippen molar-refractivity contribution >= 4 is 11.8 Å². The van der Waals surface area contributed by atoms with Gasteiger partial charge in [0.2, 0.25) is 11.8 Å². The van der Waals surface area contributed by atoms with Crippen LogP contribution in [0.2, 0.25) is 0 Å². The summed E-state index contributed by atoms with van der Waals surface area (Å²) in [5, 5.41) is 0. The third-order valence-electron chi connectivity index (χ3n) is 5.18. The lowest BCUT2D eigenvalue weighted by atomic mass is 10.0. The van der Waals surface area contributed by atoms with Crippen molar-refractivity contribution in [3.05, 3.63) is 35.9 Å². The molecule has 0 aliphatic carbocycles. The molecule has 2 saturated heterocycles. The molecule has 0 radical (unpaired) electrons. The van der Waals surface area contributed by atoms with Crippen LogP contribution in [-0.2, 0) is 9.59 Å². The van der Waals surface area contributed by atoms with Gasteiger partial charge in [0.15, 0.2) is 0 Å². The van der Waals surface area contributed by atoms with Crippen molar-refractivity contribution in [1.29, 1.82) is 0 Å². The summed E-state index contributed by atoms with van der Waals surface area (Å²) in [6.07, 6.45) is 2.94. The van der Waals surface area contributed by atoms with E-state index in [1.165, 1.54) is 5.56 Å². The number of benzene rings is 1. The van der Waals surface area contributed by atoms with Gasteiger partial charge >= 0.3 is 0 Å². The van der Waals surface area contributed by atoms with Crippen LogP contribution in [-0.4, -0.2) is 66.3 Å². The summed E-state index contributed by atoms with van der Waals surface area (Å²) in [5.41, 5.74) is 1.26. The molecule has 5 heteroatoms. The fourth-order valence-electron chi connectivity index (χ4n) is 3.66. The van der Waals surface area contributed by atoms with Gasteiger partial charge < -0.3 is 9.80 Å². The highest BCUT2D eigenvalue weighted by Crippen LogP contribution is 2.24. The first-order valence-electron chi connectivity index (χ1n) is 8.96. The minimum absolute atomic E-state index is 0.218. The highest BCUT2D eigenvalue weighted by atomic mass is 16.2. The number of amides is 2. The molecule has 2 fully saturated rings. The van der Waals surface area contributed by atoms with Crippen molar-refractivity contribution in [2.24, 2.45) is 0 Å². The molecule has 0 bridgehead atoms. The molecular formula is C19H27N3O2. The molecule has 2 amide bonds. The molecule has 0 saturated carbocycles. The Morgan fingerprint density at radius 3 is 2.67 bits per heavy atom. The van der Waals surface area contributed by atoms with Gasteiger partial charge in [-0.3, -0.25) is 14.5 Å². The molecule has 2 heterocycles. The minimum atomic E-state index is 0.218. The van der Waals surface area contributed by atoms with E-state index in [1.807, 2.05) is 15.9 Å². The number of hydrogen-bond donors (Lipinski definition) is 0. The maximum Gasteiger partial charge on any atom is 0.222 e. The van der Waals surface area contributed by atoms with Gasteiger partial charge in [0, 0.05) is 45.6 Å². The Morgan fingerprint density at radius 2 is 1.96 bits per heavy atom. The van der Waals surface area contributed by atoms with E-state index in [9.17, 15) is 9.59 Å². The normalized spacial score (nSPS) is 22.2. The minimum Gasteiger partial charge on any atom is -0.343 e. The monoisotopic (exact) mass is 329 g/mol. The van der Waals surface area contributed by atoms with Crippen molar-refractivity contribution < 1.29 is 9.59 Å². The molecule has 130 valence electrons. The topological polar surface area (TPSA) is 43.9 Å². The van der Waals surface area contributed by atoms with E-state index in [0.717, 1.165) is 45.6 Å². The summed E-state index contributed by atoms with van der Waals surface area (Å²) in [6, 6.07) is 10.7. The highest BCUT2D eigenvalue weighted by Gasteiger charge is 2.28. The first kappa shape index (κ1) is 17.0. The van der Waals surface area contributed by atoms with E-state index >= 15 is 0 Å². The molecule has 1 aromatic carbocycles. The Morgan fingerprint density at radius 1 is 1.17 bits per heavy atom. The molecule has 0 N–H and O–H groups in total. The maximum atomic E-state index is 12.5. The van der Waals surface area contributed by atoms with Gasteiger partial charge in [-0.05, 0) is 25.5 Å². The summed E-state index contributed by atoms with van der Waals surface area (Å²) in [6.45, 7) is 4.03. The van der Waals surface area contributed by atoms with E-state index in [4.69, 9.17) is 0 Å². The van der Waals surface area contributed by atoms with Crippen molar-refractivity contribution in [3.63, 3.8) is 0 Å². The summed E-state index contributed by atoms with van der Waals surface area (Å²) < 4.78 is 0. The van der Waals surface area contributed by atoms with Crippen molar-refractivity contribution in [2.75, 3.05) is 39.8 Å². The largest absolute Gasteiger partial charge is 0.343 e. The molecule has 2 aliphatic rings. The van der Waals surface area contributed by atoms with Gasteiger partial charge in [0.1, 0.15) is 0 Å². The van der Waals surface area contributed by atoms with Crippen LogP contribution in [0.15, 0.2) is 30.3 Å². The van der Waals surface area contributed by atoms with Gasteiger partial charge in [0.05, 0.1) is 6.04 Å². The molecule has 1 aromatic rings. The number of nitrogens with zero attached hydrogens (tertiary/aromatic N) is 3. The Hall–Kier alpha value is -1.88. The Balaban J connectivity index is 1.50. The van der Waals surface area contributed by atoms with Gasteiger partial charge in [-0.15, -0.1) is 0 Å². The third kappa shape index (κ3) is 3.96. The number of rotatable bonds is 5. The summed E-state index contributed by atoms with van der Waals surface area (Å²) >= 11 is 0. The zero-order valence-electron chi connectivity index (χ0n) is 14.5. The average molecular weight is 329 g/mol. The number of likely N-dealkylation sites (tertiary alicyclic amines) is 1. The van der Waals surface area contributed by atoms with Crippen LogP contribution in [0.3, 0.4) is 0 Å². The average Bonchev–Trinajstić information content (AvgIpc) is 3.01. The number of carbonyl (C=O) groups is 2. The number of carbonyl (C=O) groups excluding carboxylic acids is 2. The predicted molar refractivity (Wildman–Crippen MR) is 93.4 cm³/mol. The summed E-state index contributed by atoms with van der Waals surface area (Å²) in [7, 11) is 2.12. The van der Waals surface area contributed by atoms with Gasteiger partial charge in [-0.25, -0.2) is 0 Å². The number of hydrogen-bond acceptors (Lipinski definition) is 3. The second kappa shape index (κ2) is 7.79. The first-order valence-corrected chi connectivity index (χ1v) is 8.96. The van der Waals surface area contributed by atoms with Crippen LogP contribution in [0.4, 0.5) is 0 Å². The van der Waals surface area contributed by atoms with Gasteiger partial charge in [0.25, 0.3) is 0 Å². The van der Waals surface area contributed by atoms with Crippen molar-refractivity contribution in [3.8, 4) is 0 Å². The maximum absolute atomic E-state index is 12.5. The summed E-state index contributed by atoms with van der Waals surface area (Å²) in [5.74, 6) is 0.460. The first-order chi connectivity index (χ1) is 11.6. The second-order valence-corrected chi connectivity index (χ2v) is 6.83. The Bertz CT molecular complexity index is 575. The molecule has 3 rings (SSSR count). The number of likely N-dealkylation sites (N-methyl/N-ethyl adjacent to an activating group) is 1. The Labute approximate surface area is 144 Å². The van der Waals surface area contributed by atoms with Gasteiger partial charge in [-0.1, -0.05) is 30.3 Å².